The number of nitrogens with zero attached hydrogens (tertiary/aromatic N) is 2. The molecule has 2 fully saturated rings. The summed E-state index contributed by atoms with van der Waals surface area (Å²) < 4.78 is 5.74. The maximum Gasteiger partial charge on any atom is 0.254 e. The minimum Gasteiger partial charge on any atom is -0.378 e. The van der Waals surface area contributed by atoms with Crippen molar-refractivity contribution in [2.24, 2.45) is 11.1 Å². The van der Waals surface area contributed by atoms with Crippen molar-refractivity contribution < 1.29 is 14.3 Å². The van der Waals surface area contributed by atoms with E-state index in [-0.39, 0.29) is 30.3 Å². The molecule has 2 amide bonds. The fraction of sp³-hybridized carbons (Fsp3) is 0.684. The van der Waals surface area contributed by atoms with E-state index in [1.165, 1.54) is 11.3 Å². The van der Waals surface area contributed by atoms with Crippen molar-refractivity contribution in [3.8, 4) is 0 Å². The molecule has 0 bridgehead atoms. The molecule has 1 aliphatic carbocycles. The molecule has 1 aliphatic heterocycles. The van der Waals surface area contributed by atoms with Gasteiger partial charge in [-0.2, -0.15) is 11.3 Å². The highest BCUT2D eigenvalue weighted by Gasteiger charge is 2.63. The van der Waals surface area contributed by atoms with E-state index in [0.717, 1.165) is 12.0 Å². The molecule has 0 radical (unpaired) electrons. The standard InChI is InChI=1S/C19H29N3O3S.ClH/c1-4-25-15-12-19(20,18(15,2)3)17(24)22-8-5-7-21(9-10-22)16(23)14-6-11-26-13-14;/h6,11,13,15H,4-5,7-10,12,20H2,1-3H3;1H. The number of rotatable bonds is 4. The van der Waals surface area contributed by atoms with Gasteiger partial charge in [0.2, 0.25) is 5.91 Å². The first-order chi connectivity index (χ1) is 12.3. The van der Waals surface area contributed by atoms with Crippen molar-refractivity contribution in [1.82, 2.24) is 9.80 Å². The molecule has 0 aromatic carbocycles. The van der Waals surface area contributed by atoms with Gasteiger partial charge in [0.1, 0.15) is 5.54 Å². The van der Waals surface area contributed by atoms with Crippen molar-refractivity contribution in [3.63, 3.8) is 0 Å². The van der Waals surface area contributed by atoms with Crippen molar-refractivity contribution in [1.29, 1.82) is 0 Å². The number of halogens is 1. The summed E-state index contributed by atoms with van der Waals surface area (Å²) in [7, 11) is 0. The Morgan fingerprint density at radius 1 is 1.26 bits per heavy atom. The van der Waals surface area contributed by atoms with Crippen LogP contribution in [-0.2, 0) is 9.53 Å². The third-order valence-corrected chi connectivity index (χ3v) is 6.73. The Balaban J connectivity index is 0.00000261. The monoisotopic (exact) mass is 415 g/mol. The number of hydrogen-bond acceptors (Lipinski definition) is 5. The quantitative estimate of drug-likeness (QED) is 0.819. The molecule has 152 valence electrons. The van der Waals surface area contributed by atoms with E-state index in [2.05, 4.69) is 0 Å². The van der Waals surface area contributed by atoms with Crippen LogP contribution in [0, 0.1) is 5.41 Å². The van der Waals surface area contributed by atoms with Crippen molar-refractivity contribution in [2.45, 2.75) is 45.3 Å². The first kappa shape index (κ1) is 22.1. The van der Waals surface area contributed by atoms with Gasteiger partial charge in [0.15, 0.2) is 0 Å². The van der Waals surface area contributed by atoms with Gasteiger partial charge < -0.3 is 20.3 Å². The molecule has 2 unspecified atom stereocenters. The third kappa shape index (κ3) is 3.88. The molecule has 2 atom stereocenters. The maximum absolute atomic E-state index is 13.2. The van der Waals surface area contributed by atoms with Gasteiger partial charge in [-0.25, -0.2) is 0 Å². The molecule has 2 N–H and O–H groups in total. The van der Waals surface area contributed by atoms with Gasteiger partial charge in [-0.05, 0) is 24.8 Å². The molecule has 1 saturated heterocycles. The van der Waals surface area contributed by atoms with Gasteiger partial charge in [0, 0.05) is 50.0 Å². The Kier molecular flexibility index (Phi) is 6.95. The van der Waals surface area contributed by atoms with Crippen molar-refractivity contribution in [3.05, 3.63) is 22.4 Å². The number of carbonyl (C=O) groups excluding carboxylic acids is 2. The predicted octanol–water partition coefficient (Wildman–Crippen LogP) is 2.38. The highest BCUT2D eigenvalue weighted by molar-refractivity contribution is 7.08. The van der Waals surface area contributed by atoms with Crippen LogP contribution in [0.15, 0.2) is 16.8 Å². The molecule has 1 saturated carbocycles. The van der Waals surface area contributed by atoms with Crippen LogP contribution in [0.3, 0.4) is 0 Å². The lowest BCUT2D eigenvalue weighted by atomic mass is 9.54. The summed E-state index contributed by atoms with van der Waals surface area (Å²) in [5.74, 6) is 0.0340. The molecule has 1 aromatic heterocycles. The van der Waals surface area contributed by atoms with E-state index in [4.69, 9.17) is 10.5 Å². The summed E-state index contributed by atoms with van der Waals surface area (Å²) >= 11 is 1.52. The molecule has 1 aromatic rings. The van der Waals surface area contributed by atoms with Gasteiger partial charge in [0.25, 0.3) is 5.91 Å². The lowest BCUT2D eigenvalue weighted by Gasteiger charge is -2.58. The van der Waals surface area contributed by atoms with Crippen molar-refractivity contribution >= 4 is 35.6 Å². The second-order valence-electron chi connectivity index (χ2n) is 7.79. The summed E-state index contributed by atoms with van der Waals surface area (Å²) in [5.41, 5.74) is 5.99. The summed E-state index contributed by atoms with van der Waals surface area (Å²) in [6.07, 6.45) is 1.35. The highest BCUT2D eigenvalue weighted by Crippen LogP contribution is 2.50. The number of ether oxygens (including phenoxy) is 1. The normalized spacial score (nSPS) is 27.3. The highest BCUT2D eigenvalue weighted by atomic mass is 35.5. The largest absolute Gasteiger partial charge is 0.378 e. The molecule has 2 aliphatic rings. The zero-order valence-corrected chi connectivity index (χ0v) is 17.9. The predicted molar refractivity (Wildman–Crippen MR) is 109 cm³/mol. The van der Waals surface area contributed by atoms with Crippen LogP contribution >= 0.6 is 23.7 Å². The Labute approximate surface area is 171 Å². The SMILES string of the molecule is CCOC1CC(N)(C(=O)N2CCCN(C(=O)c3ccsc3)CC2)C1(C)C.Cl. The van der Waals surface area contributed by atoms with E-state index in [9.17, 15) is 9.59 Å². The van der Waals surface area contributed by atoms with E-state index < -0.39 is 11.0 Å². The summed E-state index contributed by atoms with van der Waals surface area (Å²) in [5, 5.41) is 3.78. The van der Waals surface area contributed by atoms with Crippen LogP contribution in [0.4, 0.5) is 0 Å². The topological polar surface area (TPSA) is 75.9 Å². The van der Waals surface area contributed by atoms with Gasteiger partial charge >= 0.3 is 0 Å². The Morgan fingerprint density at radius 2 is 1.93 bits per heavy atom. The first-order valence-electron chi connectivity index (χ1n) is 9.32. The summed E-state index contributed by atoms with van der Waals surface area (Å²) in [6, 6.07) is 1.85. The van der Waals surface area contributed by atoms with Crippen LogP contribution in [0.5, 0.6) is 0 Å². The second-order valence-corrected chi connectivity index (χ2v) is 8.57. The van der Waals surface area contributed by atoms with Crippen LogP contribution in [0.2, 0.25) is 0 Å². The average molecular weight is 416 g/mol. The van der Waals surface area contributed by atoms with Gasteiger partial charge in [-0.1, -0.05) is 13.8 Å². The molecular formula is C19H30ClN3O3S. The number of amides is 2. The Bertz CT molecular complexity index is 667. The molecule has 3 rings (SSSR count). The van der Waals surface area contributed by atoms with Gasteiger partial charge in [-0.15, -0.1) is 12.4 Å². The summed E-state index contributed by atoms with van der Waals surface area (Å²) in [4.78, 5) is 29.4. The number of carbonyl (C=O) groups is 2. The molecule has 0 spiro atoms. The Morgan fingerprint density at radius 3 is 2.52 bits per heavy atom. The average Bonchev–Trinajstić information content (AvgIpc) is 3.04. The fourth-order valence-corrected chi connectivity index (χ4v) is 4.60. The number of nitrogens with two attached hydrogens (primary N) is 1. The minimum atomic E-state index is -0.890. The van der Waals surface area contributed by atoms with Crippen LogP contribution in [0.1, 0.15) is 44.0 Å². The van der Waals surface area contributed by atoms with E-state index in [1.807, 2.05) is 47.4 Å². The summed E-state index contributed by atoms with van der Waals surface area (Å²) in [6.45, 7) is 9.00. The minimum absolute atomic E-state index is 0. The molecule has 8 heteroatoms. The third-order valence-electron chi connectivity index (χ3n) is 6.05. The molecular weight excluding hydrogens is 386 g/mol. The van der Waals surface area contributed by atoms with Crippen LogP contribution in [-0.4, -0.2) is 66.0 Å². The van der Waals surface area contributed by atoms with E-state index in [1.54, 1.807) is 0 Å². The molecule has 6 nitrogen and oxygen atoms in total. The van der Waals surface area contributed by atoms with Crippen LogP contribution in [0.25, 0.3) is 0 Å². The number of hydrogen-bond donors (Lipinski definition) is 1. The zero-order chi connectivity index (χ0) is 18.9. The molecule has 2 heterocycles. The molecule has 27 heavy (non-hydrogen) atoms. The number of thiophene rings is 1. The smallest absolute Gasteiger partial charge is 0.254 e. The maximum atomic E-state index is 13.2. The van der Waals surface area contributed by atoms with E-state index >= 15 is 0 Å². The van der Waals surface area contributed by atoms with Crippen molar-refractivity contribution in [2.75, 3.05) is 32.8 Å². The fourth-order valence-electron chi connectivity index (χ4n) is 3.97. The zero-order valence-electron chi connectivity index (χ0n) is 16.3. The van der Waals surface area contributed by atoms with E-state index in [0.29, 0.717) is 39.2 Å². The Hall–Kier alpha value is -1.15. The van der Waals surface area contributed by atoms with Gasteiger partial charge in [0.05, 0.1) is 11.7 Å². The lowest BCUT2D eigenvalue weighted by molar-refractivity contribution is -0.179. The lowest BCUT2D eigenvalue weighted by Crippen LogP contribution is -2.76. The van der Waals surface area contributed by atoms with Gasteiger partial charge in [-0.3, -0.25) is 9.59 Å². The first-order valence-corrected chi connectivity index (χ1v) is 10.3. The van der Waals surface area contributed by atoms with Crippen LogP contribution < -0.4 is 5.73 Å². The second kappa shape index (κ2) is 8.47.